The van der Waals surface area contributed by atoms with Crippen molar-refractivity contribution in [2.75, 3.05) is 62.2 Å². The van der Waals surface area contributed by atoms with E-state index in [4.69, 9.17) is 14.7 Å². The van der Waals surface area contributed by atoms with Gasteiger partial charge < -0.3 is 24.5 Å². The summed E-state index contributed by atoms with van der Waals surface area (Å²) in [5.74, 6) is 1.15. The minimum atomic E-state index is -0.0295. The minimum absolute atomic E-state index is 0.0271. The van der Waals surface area contributed by atoms with E-state index in [1.165, 1.54) is 18.9 Å². The average molecular weight is 543 g/mol. The zero-order valence-electron chi connectivity index (χ0n) is 23.3. The second kappa shape index (κ2) is 11.3. The molecule has 2 fully saturated rings. The largest absolute Gasteiger partial charge is 0.508 e. The van der Waals surface area contributed by atoms with Crippen LogP contribution in [0.25, 0.3) is 10.8 Å². The van der Waals surface area contributed by atoms with Crippen LogP contribution in [0, 0.1) is 0 Å². The first kappa shape index (κ1) is 26.4. The van der Waals surface area contributed by atoms with Crippen LogP contribution in [0.5, 0.6) is 11.8 Å². The molecule has 0 unspecified atom stereocenters. The molecule has 210 valence electrons. The number of hydrogen-bond donors (Lipinski definition) is 1. The Bertz CT molecular complexity index is 1400. The Labute approximate surface area is 235 Å². The Morgan fingerprint density at radius 3 is 2.60 bits per heavy atom. The molecule has 3 aromatic rings. The van der Waals surface area contributed by atoms with Crippen LogP contribution in [0.4, 0.5) is 11.5 Å². The second-order valence-electron chi connectivity index (χ2n) is 11.1. The number of phenolic OH excluding ortho intramolecular Hbond substituents is 1. The highest BCUT2D eigenvalue weighted by Gasteiger charge is 2.29. The first-order valence-corrected chi connectivity index (χ1v) is 14.4. The minimum Gasteiger partial charge on any atom is -0.508 e. The SMILES string of the molecule is C=CC(=O)N1CCN(c2nc(O[C@H](C)CN3CCCC3)nc3c2CCN(c2cc(O)cc4ccccc24)C3)CC1. The molecule has 1 atom stereocenters. The van der Waals surface area contributed by atoms with Crippen LogP contribution in [0.2, 0.25) is 0 Å². The number of nitrogens with zero attached hydrogens (tertiary/aromatic N) is 6. The number of aromatic nitrogens is 2. The van der Waals surface area contributed by atoms with Gasteiger partial charge in [0.05, 0.1) is 12.2 Å². The average Bonchev–Trinajstić information content (AvgIpc) is 3.48. The molecule has 0 saturated carbocycles. The molecule has 1 amide bonds. The highest BCUT2D eigenvalue weighted by Crippen LogP contribution is 2.36. The number of likely N-dealkylation sites (tertiary alicyclic amines) is 1. The molecule has 0 spiro atoms. The number of carbonyl (C=O) groups excluding carboxylic acids is 1. The van der Waals surface area contributed by atoms with Gasteiger partial charge in [-0.05, 0) is 56.8 Å². The van der Waals surface area contributed by atoms with Gasteiger partial charge in [0.15, 0.2) is 0 Å². The summed E-state index contributed by atoms with van der Waals surface area (Å²) in [6, 6.07) is 12.2. The van der Waals surface area contributed by atoms with Crippen molar-refractivity contribution in [2.24, 2.45) is 0 Å². The van der Waals surface area contributed by atoms with Crippen LogP contribution >= 0.6 is 0 Å². The lowest BCUT2D eigenvalue weighted by Gasteiger charge is -2.38. The highest BCUT2D eigenvalue weighted by atomic mass is 16.5. The molecule has 1 aromatic heterocycles. The number of hydrogen-bond acceptors (Lipinski definition) is 8. The molecule has 2 saturated heterocycles. The number of anilines is 2. The number of phenols is 1. The maximum Gasteiger partial charge on any atom is 0.318 e. The highest BCUT2D eigenvalue weighted by molar-refractivity contribution is 5.95. The molecule has 4 heterocycles. The Kier molecular flexibility index (Phi) is 7.47. The molecule has 9 heteroatoms. The van der Waals surface area contributed by atoms with Crippen molar-refractivity contribution >= 4 is 28.2 Å². The summed E-state index contributed by atoms with van der Waals surface area (Å²) in [4.78, 5) is 30.9. The smallest absolute Gasteiger partial charge is 0.318 e. The summed E-state index contributed by atoms with van der Waals surface area (Å²) in [5, 5.41) is 12.6. The van der Waals surface area contributed by atoms with Crippen LogP contribution in [0.15, 0.2) is 49.1 Å². The first-order chi connectivity index (χ1) is 19.5. The van der Waals surface area contributed by atoms with Gasteiger partial charge in [0, 0.05) is 62.0 Å². The van der Waals surface area contributed by atoms with Crippen molar-refractivity contribution < 1.29 is 14.6 Å². The zero-order valence-corrected chi connectivity index (χ0v) is 23.3. The topological polar surface area (TPSA) is 85.3 Å². The number of ether oxygens (including phenoxy) is 1. The van der Waals surface area contributed by atoms with Crippen LogP contribution in [-0.4, -0.2) is 89.2 Å². The van der Waals surface area contributed by atoms with Gasteiger partial charge in [-0.1, -0.05) is 30.8 Å². The van der Waals surface area contributed by atoms with E-state index in [1.807, 2.05) is 35.2 Å². The van der Waals surface area contributed by atoms with E-state index in [0.29, 0.717) is 38.7 Å². The summed E-state index contributed by atoms with van der Waals surface area (Å²) in [5.41, 5.74) is 3.10. The zero-order chi connectivity index (χ0) is 27.6. The molecular formula is C31H38N6O3. The fourth-order valence-corrected chi connectivity index (χ4v) is 6.26. The van der Waals surface area contributed by atoms with Gasteiger partial charge in [-0.25, -0.2) is 0 Å². The third kappa shape index (κ3) is 5.43. The van der Waals surface area contributed by atoms with Crippen LogP contribution in [0.1, 0.15) is 31.0 Å². The van der Waals surface area contributed by atoms with Gasteiger partial charge >= 0.3 is 6.01 Å². The number of benzene rings is 2. The summed E-state index contributed by atoms with van der Waals surface area (Å²) in [6.45, 7) is 12.9. The first-order valence-electron chi connectivity index (χ1n) is 14.4. The van der Waals surface area contributed by atoms with Crippen molar-refractivity contribution in [1.29, 1.82) is 0 Å². The van der Waals surface area contributed by atoms with Crippen molar-refractivity contribution in [1.82, 2.24) is 19.8 Å². The van der Waals surface area contributed by atoms with E-state index < -0.39 is 0 Å². The summed E-state index contributed by atoms with van der Waals surface area (Å²) >= 11 is 0. The molecule has 0 radical (unpaired) electrons. The summed E-state index contributed by atoms with van der Waals surface area (Å²) in [7, 11) is 0. The molecule has 6 rings (SSSR count). The lowest BCUT2D eigenvalue weighted by molar-refractivity contribution is -0.126. The Morgan fingerprint density at radius 1 is 1.05 bits per heavy atom. The van der Waals surface area contributed by atoms with Crippen molar-refractivity contribution in [3.8, 4) is 11.8 Å². The quantitative estimate of drug-likeness (QED) is 0.454. The molecule has 0 aliphatic carbocycles. The molecule has 3 aliphatic rings. The third-order valence-corrected chi connectivity index (χ3v) is 8.27. The number of fused-ring (bicyclic) bond motifs is 2. The van der Waals surface area contributed by atoms with Crippen LogP contribution in [-0.2, 0) is 17.8 Å². The molecule has 2 aromatic carbocycles. The van der Waals surface area contributed by atoms with Gasteiger partial charge in [0.2, 0.25) is 5.91 Å². The molecular weight excluding hydrogens is 504 g/mol. The Hall–Kier alpha value is -3.85. The van der Waals surface area contributed by atoms with Gasteiger partial charge in [0.1, 0.15) is 17.7 Å². The van der Waals surface area contributed by atoms with Gasteiger partial charge in [-0.3, -0.25) is 9.69 Å². The number of amides is 1. The standard InChI is InChI=1S/C31H38N6O3/c1-3-29(39)35-14-16-36(17-15-35)30-26-10-13-37(28-19-24(38)18-23-8-4-5-9-25(23)28)21-27(26)32-31(33-30)40-22(2)20-34-11-6-7-12-34/h3-5,8-9,18-19,22,38H,1,6-7,10-17,20-21H2,2H3/t22-/m1/s1. The van der Waals surface area contributed by atoms with Crippen molar-refractivity contribution in [3.63, 3.8) is 0 Å². The molecule has 9 nitrogen and oxygen atoms in total. The third-order valence-electron chi connectivity index (χ3n) is 8.27. The molecule has 0 bridgehead atoms. The fraction of sp³-hybridized carbons (Fsp3) is 0.452. The second-order valence-corrected chi connectivity index (χ2v) is 11.1. The lowest BCUT2D eigenvalue weighted by Crippen LogP contribution is -2.49. The van der Waals surface area contributed by atoms with E-state index in [0.717, 1.165) is 66.1 Å². The van der Waals surface area contributed by atoms with E-state index in [2.05, 4.69) is 34.3 Å². The number of carbonyl (C=O) groups is 1. The van der Waals surface area contributed by atoms with E-state index in [9.17, 15) is 9.90 Å². The maximum atomic E-state index is 12.2. The summed E-state index contributed by atoms with van der Waals surface area (Å²) in [6.07, 6.45) is 4.62. The van der Waals surface area contributed by atoms with Crippen LogP contribution < -0.4 is 14.5 Å². The van der Waals surface area contributed by atoms with E-state index in [1.54, 1.807) is 0 Å². The lowest BCUT2D eigenvalue weighted by atomic mass is 10.0. The van der Waals surface area contributed by atoms with Crippen molar-refractivity contribution in [3.05, 3.63) is 60.3 Å². The van der Waals surface area contributed by atoms with Gasteiger partial charge in [0.25, 0.3) is 0 Å². The fourth-order valence-electron chi connectivity index (χ4n) is 6.26. The normalized spacial score (nSPS) is 18.6. The maximum absolute atomic E-state index is 12.2. The molecule has 1 N–H and O–H groups in total. The predicted molar refractivity (Wildman–Crippen MR) is 157 cm³/mol. The number of aromatic hydroxyl groups is 1. The van der Waals surface area contributed by atoms with Gasteiger partial charge in [-0.2, -0.15) is 9.97 Å². The Balaban J connectivity index is 1.30. The van der Waals surface area contributed by atoms with E-state index >= 15 is 0 Å². The predicted octanol–water partition coefficient (Wildman–Crippen LogP) is 3.60. The number of rotatable bonds is 7. The molecule has 40 heavy (non-hydrogen) atoms. The molecule has 3 aliphatic heterocycles. The monoisotopic (exact) mass is 542 g/mol. The van der Waals surface area contributed by atoms with Crippen molar-refractivity contribution in [2.45, 2.75) is 38.8 Å². The van der Waals surface area contributed by atoms with Crippen LogP contribution in [0.3, 0.4) is 0 Å². The Morgan fingerprint density at radius 2 is 1.82 bits per heavy atom. The van der Waals surface area contributed by atoms with E-state index in [-0.39, 0.29) is 17.8 Å². The van der Waals surface area contributed by atoms with Gasteiger partial charge in [-0.15, -0.1) is 0 Å². The number of piperazine rings is 1. The summed E-state index contributed by atoms with van der Waals surface area (Å²) < 4.78 is 6.35.